The Morgan fingerprint density at radius 2 is 1.17 bits per heavy atom. The van der Waals surface area contributed by atoms with Crippen LogP contribution in [-0.2, 0) is 5.41 Å². The van der Waals surface area contributed by atoms with Crippen LogP contribution in [0.3, 0.4) is 0 Å². The van der Waals surface area contributed by atoms with Crippen molar-refractivity contribution in [1.82, 2.24) is 0 Å². The highest BCUT2D eigenvalue weighted by Gasteiger charge is 2.51. The molecule has 164 valence electrons. The summed E-state index contributed by atoms with van der Waals surface area (Å²) in [5.74, 6) is 0. The van der Waals surface area contributed by atoms with Crippen LogP contribution in [0.4, 0.5) is 0 Å². The Bertz CT molecular complexity index is 1950. The fourth-order valence-electron chi connectivity index (χ4n) is 6.40. The van der Waals surface area contributed by atoms with Crippen LogP contribution in [0, 0.1) is 0 Å². The quantitative estimate of drug-likeness (QED) is 0.211. The van der Waals surface area contributed by atoms with Crippen molar-refractivity contribution in [3.05, 3.63) is 141 Å². The van der Waals surface area contributed by atoms with E-state index in [2.05, 4.69) is 72.8 Å². The Morgan fingerprint density at radius 3 is 1.97 bits per heavy atom. The van der Waals surface area contributed by atoms with E-state index in [0.29, 0.717) is 27.0 Å². The minimum Gasteiger partial charge on any atom is -0.456 e. The van der Waals surface area contributed by atoms with E-state index in [-0.39, 0.29) is 5.43 Å². The molecule has 2 aliphatic carbocycles. The van der Waals surface area contributed by atoms with E-state index < -0.39 is 5.41 Å². The van der Waals surface area contributed by atoms with Gasteiger partial charge in [-0.3, -0.25) is 4.79 Å². The molecule has 1 spiro atoms. The number of fused-ring (bicyclic) bond motifs is 12. The average molecular weight is 469 g/mol. The highest BCUT2D eigenvalue weighted by Crippen LogP contribution is 2.63. The minimum absolute atomic E-state index is 0.00615. The van der Waals surface area contributed by atoms with Gasteiger partial charge in [-0.05, 0) is 80.9 Å². The van der Waals surface area contributed by atoms with Crippen LogP contribution in [0.5, 0.6) is 0 Å². The molecule has 0 radical (unpaired) electrons. The first kappa shape index (κ1) is 19.2. The van der Waals surface area contributed by atoms with Crippen LogP contribution < -0.4 is 5.43 Å². The van der Waals surface area contributed by atoms with Gasteiger partial charge in [-0.1, -0.05) is 78.3 Å². The van der Waals surface area contributed by atoms with Gasteiger partial charge in [0.05, 0.1) is 16.2 Å². The van der Waals surface area contributed by atoms with Gasteiger partial charge in [0, 0.05) is 5.02 Å². The van der Waals surface area contributed by atoms with Gasteiger partial charge in [-0.15, -0.1) is 0 Å². The lowest BCUT2D eigenvalue weighted by Gasteiger charge is -2.30. The maximum Gasteiger partial charge on any atom is 0.200 e. The number of rotatable bonds is 0. The third kappa shape index (κ3) is 2.23. The molecule has 8 rings (SSSR count). The fourth-order valence-corrected chi connectivity index (χ4v) is 6.58. The Balaban J connectivity index is 1.61. The number of benzene rings is 5. The second-order valence-corrected chi connectivity index (χ2v) is 9.79. The van der Waals surface area contributed by atoms with Crippen molar-refractivity contribution in [3.63, 3.8) is 0 Å². The Labute approximate surface area is 206 Å². The van der Waals surface area contributed by atoms with E-state index in [1.54, 1.807) is 0 Å². The van der Waals surface area contributed by atoms with Crippen molar-refractivity contribution in [3.8, 4) is 22.3 Å². The molecule has 5 aromatic carbocycles. The molecule has 35 heavy (non-hydrogen) atoms. The molecule has 6 aromatic rings. The summed E-state index contributed by atoms with van der Waals surface area (Å²) in [7, 11) is 0. The molecule has 0 saturated carbocycles. The van der Waals surface area contributed by atoms with Gasteiger partial charge in [0.1, 0.15) is 11.2 Å². The zero-order chi connectivity index (χ0) is 23.3. The summed E-state index contributed by atoms with van der Waals surface area (Å²) in [6, 6.07) is 34.8. The lowest BCUT2D eigenvalue weighted by Crippen LogP contribution is -2.26. The van der Waals surface area contributed by atoms with Crippen molar-refractivity contribution in [2.45, 2.75) is 5.41 Å². The van der Waals surface area contributed by atoms with Gasteiger partial charge in [-0.2, -0.15) is 0 Å². The molecule has 0 fully saturated rings. The van der Waals surface area contributed by atoms with Crippen molar-refractivity contribution in [1.29, 1.82) is 0 Å². The van der Waals surface area contributed by atoms with Crippen molar-refractivity contribution < 1.29 is 4.42 Å². The molecule has 0 saturated heterocycles. The number of para-hydroxylation sites is 1. The molecule has 0 N–H and O–H groups in total. The van der Waals surface area contributed by atoms with Crippen LogP contribution in [0.2, 0.25) is 5.02 Å². The highest BCUT2D eigenvalue weighted by molar-refractivity contribution is 6.30. The fraction of sp³-hybridized carbons (Fsp3) is 0.0312. The summed E-state index contributed by atoms with van der Waals surface area (Å²) in [5.41, 5.74) is 9.96. The van der Waals surface area contributed by atoms with E-state index >= 15 is 0 Å². The summed E-state index contributed by atoms with van der Waals surface area (Å²) < 4.78 is 6.26. The lowest BCUT2D eigenvalue weighted by atomic mass is 9.70. The lowest BCUT2D eigenvalue weighted by molar-refractivity contribution is 0.659. The van der Waals surface area contributed by atoms with Crippen LogP contribution in [0.1, 0.15) is 22.3 Å². The van der Waals surface area contributed by atoms with E-state index in [4.69, 9.17) is 16.0 Å². The molecule has 0 bridgehead atoms. The molecule has 1 atom stereocenters. The molecule has 1 unspecified atom stereocenters. The van der Waals surface area contributed by atoms with Crippen LogP contribution in [0.15, 0.2) is 112 Å². The van der Waals surface area contributed by atoms with E-state index in [0.717, 1.165) is 22.3 Å². The zero-order valence-corrected chi connectivity index (χ0v) is 19.3. The average Bonchev–Trinajstić information content (AvgIpc) is 3.34. The van der Waals surface area contributed by atoms with E-state index in [1.165, 1.54) is 22.3 Å². The number of halogens is 1. The molecule has 0 aliphatic heterocycles. The minimum atomic E-state index is -0.547. The van der Waals surface area contributed by atoms with Crippen molar-refractivity contribution in [2.75, 3.05) is 0 Å². The monoisotopic (exact) mass is 468 g/mol. The molecule has 3 heteroatoms. The summed E-state index contributed by atoms with van der Waals surface area (Å²) in [5, 5.41) is 1.90. The summed E-state index contributed by atoms with van der Waals surface area (Å²) in [6.45, 7) is 0. The standard InChI is InChI=1S/C32H17ClO2/c33-18-13-14-21-19-7-1-4-10-25(19)32(27(21)15-18)26-11-5-2-8-20(26)23-17-30-24(16-28(23)32)31(34)22-9-3-6-12-29(22)35-30/h1-17H. The number of hydrogen-bond donors (Lipinski definition) is 0. The van der Waals surface area contributed by atoms with Gasteiger partial charge < -0.3 is 4.42 Å². The van der Waals surface area contributed by atoms with Gasteiger partial charge in [0.2, 0.25) is 5.43 Å². The molecule has 2 nitrogen and oxygen atoms in total. The van der Waals surface area contributed by atoms with Gasteiger partial charge >= 0.3 is 0 Å². The topological polar surface area (TPSA) is 30.2 Å². The second kappa shape index (κ2) is 6.50. The predicted molar refractivity (Wildman–Crippen MR) is 141 cm³/mol. The second-order valence-electron chi connectivity index (χ2n) is 9.35. The van der Waals surface area contributed by atoms with Crippen molar-refractivity contribution in [2.24, 2.45) is 0 Å². The largest absolute Gasteiger partial charge is 0.456 e. The molecular formula is C32H17ClO2. The Morgan fingerprint density at radius 1 is 0.543 bits per heavy atom. The molecule has 2 aliphatic rings. The third-order valence-corrected chi connectivity index (χ3v) is 7.98. The molecule has 1 aromatic heterocycles. The maximum absolute atomic E-state index is 13.6. The van der Waals surface area contributed by atoms with Crippen molar-refractivity contribution >= 4 is 33.5 Å². The summed E-state index contributed by atoms with van der Waals surface area (Å²) >= 11 is 6.60. The zero-order valence-electron chi connectivity index (χ0n) is 18.5. The molecule has 1 heterocycles. The maximum atomic E-state index is 13.6. The third-order valence-electron chi connectivity index (χ3n) is 7.75. The predicted octanol–water partition coefficient (Wildman–Crippen LogP) is 7.94. The molecular weight excluding hydrogens is 452 g/mol. The first-order valence-corrected chi connectivity index (χ1v) is 12.1. The smallest absolute Gasteiger partial charge is 0.200 e. The Hall–Kier alpha value is -4.14. The van der Waals surface area contributed by atoms with Crippen LogP contribution >= 0.6 is 11.6 Å². The van der Waals surface area contributed by atoms with E-state index in [1.807, 2.05) is 30.3 Å². The number of hydrogen-bond acceptors (Lipinski definition) is 2. The Kier molecular flexibility index (Phi) is 3.56. The molecule has 0 amide bonds. The highest BCUT2D eigenvalue weighted by atomic mass is 35.5. The first-order chi connectivity index (χ1) is 17.2. The SMILES string of the molecule is O=c1c2ccccc2oc2cc3c(cc12)C1(c2ccccc2-c2ccc(Cl)cc21)c1ccccc1-3. The van der Waals surface area contributed by atoms with Gasteiger partial charge in [0.25, 0.3) is 0 Å². The van der Waals surface area contributed by atoms with Crippen LogP contribution in [-0.4, -0.2) is 0 Å². The van der Waals surface area contributed by atoms with Gasteiger partial charge in [-0.25, -0.2) is 0 Å². The summed E-state index contributed by atoms with van der Waals surface area (Å²) in [6.07, 6.45) is 0. The van der Waals surface area contributed by atoms with Crippen LogP contribution in [0.25, 0.3) is 44.2 Å². The van der Waals surface area contributed by atoms with E-state index in [9.17, 15) is 4.79 Å². The summed E-state index contributed by atoms with van der Waals surface area (Å²) in [4.78, 5) is 13.6. The normalized spacial score (nSPS) is 16.9. The van der Waals surface area contributed by atoms with Gasteiger partial charge in [0.15, 0.2) is 0 Å². The first-order valence-electron chi connectivity index (χ1n) is 11.7.